The molecule has 0 aromatic carbocycles. The van der Waals surface area contributed by atoms with Crippen LogP contribution in [0.25, 0.3) is 0 Å². The van der Waals surface area contributed by atoms with Gasteiger partial charge >= 0.3 is 0 Å². The average Bonchev–Trinajstić information content (AvgIpc) is 2.30. The number of anilines is 2. The molecule has 1 fully saturated rings. The van der Waals surface area contributed by atoms with Crippen LogP contribution in [-0.4, -0.2) is 25.1 Å². The third kappa shape index (κ3) is 2.08. The van der Waals surface area contributed by atoms with Crippen molar-refractivity contribution in [2.75, 3.05) is 30.4 Å². The maximum Gasteiger partial charge on any atom is 0.168 e. The first-order chi connectivity index (χ1) is 7.72. The molecular weight excluding hydrogens is 212 g/mol. The summed E-state index contributed by atoms with van der Waals surface area (Å²) in [6.45, 7) is 1.58. The molecule has 2 heterocycles. The van der Waals surface area contributed by atoms with E-state index in [4.69, 9.17) is 0 Å². The number of aromatic nitrogens is 1. The van der Waals surface area contributed by atoms with E-state index in [9.17, 15) is 8.78 Å². The van der Waals surface area contributed by atoms with E-state index in [2.05, 4.69) is 10.3 Å². The zero-order valence-electron chi connectivity index (χ0n) is 9.26. The SMILES string of the molecule is CNc1nc(N2CCCCC2)c(F)cc1F. The Balaban J connectivity index is 2.31. The number of halogens is 2. The van der Waals surface area contributed by atoms with E-state index < -0.39 is 11.6 Å². The summed E-state index contributed by atoms with van der Waals surface area (Å²) in [6, 6.07) is 0.892. The van der Waals surface area contributed by atoms with Crippen LogP contribution in [0.1, 0.15) is 19.3 Å². The number of nitrogens with one attached hydrogen (secondary N) is 1. The van der Waals surface area contributed by atoms with Crippen LogP contribution >= 0.6 is 0 Å². The van der Waals surface area contributed by atoms with Gasteiger partial charge in [-0.2, -0.15) is 0 Å². The number of hydrogen-bond donors (Lipinski definition) is 1. The van der Waals surface area contributed by atoms with Crippen molar-refractivity contribution in [1.29, 1.82) is 0 Å². The minimum absolute atomic E-state index is 0.0990. The standard InChI is InChI=1S/C11H15F2N3/c1-14-10-8(12)7-9(13)11(15-10)16-5-3-2-4-6-16/h7H,2-6H2,1H3,(H,14,15). The summed E-state index contributed by atoms with van der Waals surface area (Å²) < 4.78 is 26.8. The van der Waals surface area contributed by atoms with Crippen LogP contribution in [0.5, 0.6) is 0 Å². The predicted octanol–water partition coefficient (Wildman–Crippen LogP) is 2.39. The van der Waals surface area contributed by atoms with E-state index in [1.165, 1.54) is 0 Å². The van der Waals surface area contributed by atoms with Crippen LogP contribution in [0.3, 0.4) is 0 Å². The lowest BCUT2D eigenvalue weighted by Gasteiger charge is -2.28. The molecule has 0 aliphatic carbocycles. The monoisotopic (exact) mass is 227 g/mol. The molecule has 0 bridgehead atoms. The van der Waals surface area contributed by atoms with Crippen LogP contribution in [0, 0.1) is 11.6 Å². The van der Waals surface area contributed by atoms with Crippen molar-refractivity contribution in [2.24, 2.45) is 0 Å². The van der Waals surface area contributed by atoms with E-state index in [0.29, 0.717) is 0 Å². The van der Waals surface area contributed by atoms with Gasteiger partial charge in [0.05, 0.1) is 0 Å². The fourth-order valence-electron chi connectivity index (χ4n) is 1.96. The lowest BCUT2D eigenvalue weighted by molar-refractivity contribution is 0.538. The van der Waals surface area contributed by atoms with E-state index in [1.807, 2.05) is 4.90 Å². The normalized spacial score (nSPS) is 16.3. The van der Waals surface area contributed by atoms with Crippen molar-refractivity contribution < 1.29 is 8.78 Å². The van der Waals surface area contributed by atoms with Crippen LogP contribution in [-0.2, 0) is 0 Å². The highest BCUT2D eigenvalue weighted by molar-refractivity contribution is 5.49. The van der Waals surface area contributed by atoms with Crippen molar-refractivity contribution >= 4 is 11.6 Å². The molecule has 1 N–H and O–H groups in total. The molecule has 0 unspecified atom stereocenters. The van der Waals surface area contributed by atoms with Gasteiger partial charge in [-0.05, 0) is 19.3 Å². The topological polar surface area (TPSA) is 28.2 Å². The number of piperidine rings is 1. The largest absolute Gasteiger partial charge is 0.371 e. The molecule has 0 amide bonds. The summed E-state index contributed by atoms with van der Waals surface area (Å²) in [4.78, 5) is 5.85. The summed E-state index contributed by atoms with van der Waals surface area (Å²) in [7, 11) is 1.57. The molecule has 3 nitrogen and oxygen atoms in total. The predicted molar refractivity (Wildman–Crippen MR) is 59.8 cm³/mol. The first-order valence-corrected chi connectivity index (χ1v) is 5.51. The van der Waals surface area contributed by atoms with Gasteiger partial charge in [-0.15, -0.1) is 0 Å². The van der Waals surface area contributed by atoms with Crippen molar-refractivity contribution in [3.63, 3.8) is 0 Å². The summed E-state index contributed by atoms with van der Waals surface area (Å²) in [5.41, 5.74) is 0. The maximum absolute atomic E-state index is 13.6. The molecule has 1 aromatic rings. The number of pyridine rings is 1. The summed E-state index contributed by atoms with van der Waals surface area (Å²) in [6.07, 6.45) is 3.24. The fraction of sp³-hybridized carbons (Fsp3) is 0.545. The van der Waals surface area contributed by atoms with E-state index in [1.54, 1.807) is 7.05 Å². The van der Waals surface area contributed by atoms with Crippen molar-refractivity contribution in [1.82, 2.24) is 4.98 Å². The molecule has 1 aromatic heterocycles. The Hall–Kier alpha value is -1.39. The molecule has 2 rings (SSSR count). The first kappa shape index (κ1) is 11.1. The molecular formula is C11H15F2N3. The van der Waals surface area contributed by atoms with Gasteiger partial charge in [0.2, 0.25) is 0 Å². The molecule has 0 radical (unpaired) electrons. The summed E-state index contributed by atoms with van der Waals surface area (Å²) in [5, 5.41) is 2.62. The maximum atomic E-state index is 13.6. The zero-order chi connectivity index (χ0) is 11.5. The second kappa shape index (κ2) is 4.63. The smallest absolute Gasteiger partial charge is 0.168 e. The number of hydrogen-bond acceptors (Lipinski definition) is 3. The average molecular weight is 227 g/mol. The van der Waals surface area contributed by atoms with Gasteiger partial charge in [0, 0.05) is 26.2 Å². The number of nitrogens with zero attached hydrogens (tertiary/aromatic N) is 2. The fourth-order valence-corrected chi connectivity index (χ4v) is 1.96. The molecule has 16 heavy (non-hydrogen) atoms. The summed E-state index contributed by atoms with van der Waals surface area (Å²) in [5.74, 6) is -0.883. The Morgan fingerprint density at radius 1 is 1.19 bits per heavy atom. The molecule has 0 spiro atoms. The minimum Gasteiger partial charge on any atom is -0.371 e. The second-order valence-corrected chi connectivity index (χ2v) is 3.92. The van der Waals surface area contributed by atoms with Gasteiger partial charge in [0.1, 0.15) is 0 Å². The zero-order valence-corrected chi connectivity index (χ0v) is 9.26. The van der Waals surface area contributed by atoms with Crippen LogP contribution in [0.2, 0.25) is 0 Å². The molecule has 5 heteroatoms. The van der Waals surface area contributed by atoms with Gasteiger partial charge in [-0.25, -0.2) is 13.8 Å². The van der Waals surface area contributed by atoms with Crippen LogP contribution < -0.4 is 10.2 Å². The second-order valence-electron chi connectivity index (χ2n) is 3.92. The molecule has 88 valence electrons. The van der Waals surface area contributed by atoms with Crippen molar-refractivity contribution in [3.8, 4) is 0 Å². The van der Waals surface area contributed by atoms with Gasteiger partial charge in [0.15, 0.2) is 23.3 Å². The molecule has 0 atom stereocenters. The van der Waals surface area contributed by atoms with Gasteiger partial charge in [-0.3, -0.25) is 0 Å². The molecule has 0 saturated carbocycles. The minimum atomic E-state index is -0.652. The highest BCUT2D eigenvalue weighted by atomic mass is 19.1. The Labute approximate surface area is 93.5 Å². The third-order valence-electron chi connectivity index (χ3n) is 2.80. The lowest BCUT2D eigenvalue weighted by atomic mass is 10.1. The molecule has 1 aliphatic rings. The molecule has 1 saturated heterocycles. The van der Waals surface area contributed by atoms with Crippen molar-refractivity contribution in [3.05, 3.63) is 17.7 Å². The lowest BCUT2D eigenvalue weighted by Crippen LogP contribution is -2.31. The highest BCUT2D eigenvalue weighted by Gasteiger charge is 2.18. The van der Waals surface area contributed by atoms with Crippen LogP contribution in [0.15, 0.2) is 6.07 Å². The van der Waals surface area contributed by atoms with Gasteiger partial charge < -0.3 is 10.2 Å². The van der Waals surface area contributed by atoms with Crippen molar-refractivity contribution in [2.45, 2.75) is 19.3 Å². The van der Waals surface area contributed by atoms with Crippen LogP contribution in [0.4, 0.5) is 20.4 Å². The Bertz CT molecular complexity index is 376. The highest BCUT2D eigenvalue weighted by Crippen LogP contribution is 2.24. The van der Waals surface area contributed by atoms with E-state index in [0.717, 1.165) is 38.4 Å². The first-order valence-electron chi connectivity index (χ1n) is 5.51. The number of rotatable bonds is 2. The quantitative estimate of drug-likeness (QED) is 0.840. The Morgan fingerprint density at radius 2 is 1.88 bits per heavy atom. The van der Waals surface area contributed by atoms with E-state index in [-0.39, 0.29) is 11.6 Å². The van der Waals surface area contributed by atoms with Gasteiger partial charge in [-0.1, -0.05) is 0 Å². The third-order valence-corrected chi connectivity index (χ3v) is 2.80. The van der Waals surface area contributed by atoms with E-state index >= 15 is 0 Å². The Kier molecular flexibility index (Phi) is 3.22. The Morgan fingerprint density at radius 3 is 2.50 bits per heavy atom. The molecule has 1 aliphatic heterocycles. The van der Waals surface area contributed by atoms with Gasteiger partial charge in [0.25, 0.3) is 0 Å². The summed E-state index contributed by atoms with van der Waals surface area (Å²) >= 11 is 0.